The van der Waals surface area contributed by atoms with Crippen molar-refractivity contribution in [3.05, 3.63) is 39.7 Å². The molecule has 0 amide bonds. The summed E-state index contributed by atoms with van der Waals surface area (Å²) in [6.07, 6.45) is 1.71. The van der Waals surface area contributed by atoms with E-state index in [1.165, 1.54) is 11.3 Å². The molecule has 0 N–H and O–H groups in total. The monoisotopic (exact) mass is 230 g/mol. The average Bonchev–Trinajstić information content (AvgIpc) is 2.84. The summed E-state index contributed by atoms with van der Waals surface area (Å²) in [5, 5.41) is 11.7. The zero-order valence-electron chi connectivity index (χ0n) is 9.02. The molecule has 4 heteroatoms. The van der Waals surface area contributed by atoms with Crippen LogP contribution < -0.4 is 0 Å². The summed E-state index contributed by atoms with van der Waals surface area (Å²) < 4.78 is 5.39. The molecule has 2 aromatic rings. The smallest absolute Gasteiger partial charge is 0.134 e. The van der Waals surface area contributed by atoms with Crippen LogP contribution in [0.15, 0.2) is 21.9 Å². The van der Waals surface area contributed by atoms with Crippen molar-refractivity contribution in [1.29, 1.82) is 5.26 Å². The van der Waals surface area contributed by atoms with E-state index in [0.29, 0.717) is 11.3 Å². The lowest BCUT2D eigenvalue weighted by Crippen LogP contribution is -1.80. The Morgan fingerprint density at radius 3 is 2.81 bits per heavy atom. The van der Waals surface area contributed by atoms with Gasteiger partial charge in [-0.1, -0.05) is 0 Å². The molecule has 2 aromatic heterocycles. The summed E-state index contributed by atoms with van der Waals surface area (Å²) >= 11 is 1.46. The molecule has 0 radical (unpaired) electrons. The third kappa shape index (κ3) is 2.20. The minimum atomic E-state index is 0.535. The molecule has 0 saturated heterocycles. The second kappa shape index (κ2) is 4.33. The fourth-order valence-corrected chi connectivity index (χ4v) is 2.06. The van der Waals surface area contributed by atoms with E-state index in [1.807, 2.05) is 31.4 Å². The molecule has 0 spiro atoms. The predicted octanol–water partition coefficient (Wildman–Crippen LogP) is 3.42. The van der Waals surface area contributed by atoms with Crippen LogP contribution in [-0.4, -0.2) is 4.98 Å². The molecule has 16 heavy (non-hydrogen) atoms. The van der Waals surface area contributed by atoms with Crippen molar-refractivity contribution >= 4 is 23.0 Å². The summed E-state index contributed by atoms with van der Waals surface area (Å²) in [4.78, 5) is 4.27. The highest BCUT2D eigenvalue weighted by Crippen LogP contribution is 2.22. The molecule has 0 aliphatic rings. The van der Waals surface area contributed by atoms with Crippen LogP contribution in [0.3, 0.4) is 0 Å². The molecular formula is C12H10N2OS. The van der Waals surface area contributed by atoms with Crippen LogP contribution in [0, 0.1) is 25.2 Å². The molecule has 2 heterocycles. The number of hydrogen-bond acceptors (Lipinski definition) is 4. The number of thiazole rings is 1. The van der Waals surface area contributed by atoms with Gasteiger partial charge in [0.15, 0.2) is 0 Å². The summed E-state index contributed by atoms with van der Waals surface area (Å²) in [7, 11) is 0. The number of furan rings is 1. The van der Waals surface area contributed by atoms with Crippen molar-refractivity contribution in [3.8, 4) is 6.07 Å². The number of nitrogens with zero attached hydrogens (tertiary/aromatic N) is 2. The Bertz CT molecular complexity index is 572. The van der Waals surface area contributed by atoms with Gasteiger partial charge in [-0.25, -0.2) is 4.98 Å². The molecule has 0 atom stereocenters. The molecule has 0 unspecified atom stereocenters. The van der Waals surface area contributed by atoms with Crippen molar-refractivity contribution in [3.63, 3.8) is 0 Å². The second-order valence-corrected chi connectivity index (χ2v) is 4.27. The van der Waals surface area contributed by atoms with Gasteiger partial charge in [0, 0.05) is 17.2 Å². The number of aryl methyl sites for hydroxylation is 2. The number of rotatable bonds is 2. The Morgan fingerprint density at radius 1 is 1.50 bits per heavy atom. The maximum atomic E-state index is 9.06. The van der Waals surface area contributed by atoms with E-state index in [4.69, 9.17) is 9.68 Å². The minimum Gasteiger partial charge on any atom is -0.462 e. The highest BCUT2D eigenvalue weighted by atomic mass is 32.1. The number of aromatic nitrogens is 1. The van der Waals surface area contributed by atoms with Gasteiger partial charge in [0.25, 0.3) is 0 Å². The van der Waals surface area contributed by atoms with Crippen LogP contribution in [0.25, 0.3) is 11.6 Å². The van der Waals surface area contributed by atoms with Crippen molar-refractivity contribution in [2.24, 2.45) is 0 Å². The summed E-state index contributed by atoms with van der Waals surface area (Å²) in [6.45, 7) is 3.78. The Kier molecular flexibility index (Phi) is 2.88. The fourth-order valence-electron chi connectivity index (χ4n) is 1.29. The van der Waals surface area contributed by atoms with E-state index in [2.05, 4.69) is 11.1 Å². The molecule has 2 rings (SSSR count). The van der Waals surface area contributed by atoms with E-state index in [-0.39, 0.29) is 0 Å². The van der Waals surface area contributed by atoms with Crippen LogP contribution >= 0.6 is 11.3 Å². The quantitative estimate of drug-likeness (QED) is 0.743. The predicted molar refractivity (Wildman–Crippen MR) is 63.8 cm³/mol. The van der Waals surface area contributed by atoms with Crippen LogP contribution in [0.4, 0.5) is 0 Å². The molecule has 0 fully saturated rings. The maximum Gasteiger partial charge on any atom is 0.134 e. The highest BCUT2D eigenvalue weighted by Gasteiger charge is 2.06. The zero-order valence-corrected chi connectivity index (χ0v) is 9.84. The van der Waals surface area contributed by atoms with Crippen LogP contribution in [-0.2, 0) is 0 Å². The minimum absolute atomic E-state index is 0.535. The Labute approximate surface area is 97.7 Å². The number of nitriles is 1. The first kappa shape index (κ1) is 10.7. The highest BCUT2D eigenvalue weighted by molar-refractivity contribution is 7.11. The lowest BCUT2D eigenvalue weighted by Gasteiger charge is -1.91. The van der Waals surface area contributed by atoms with E-state index in [0.717, 1.165) is 16.5 Å². The fraction of sp³-hybridized carbons (Fsp3) is 0.167. The van der Waals surface area contributed by atoms with Gasteiger partial charge in [-0.3, -0.25) is 0 Å². The lowest BCUT2D eigenvalue weighted by molar-refractivity contribution is 0.525. The summed E-state index contributed by atoms with van der Waals surface area (Å²) in [6, 6.07) is 5.85. The summed E-state index contributed by atoms with van der Waals surface area (Å²) in [5.74, 6) is 1.51. The third-order valence-corrected chi connectivity index (χ3v) is 3.01. The second-order valence-electron chi connectivity index (χ2n) is 3.41. The SMILES string of the molecule is Cc1csc(C(C#N)=Cc2ccc(C)o2)n1. The van der Waals surface area contributed by atoms with Crippen molar-refractivity contribution in [2.45, 2.75) is 13.8 Å². The Morgan fingerprint density at radius 2 is 2.31 bits per heavy atom. The van der Waals surface area contributed by atoms with E-state index >= 15 is 0 Å². The van der Waals surface area contributed by atoms with Gasteiger partial charge in [-0.15, -0.1) is 11.3 Å². The molecule has 0 aliphatic heterocycles. The molecule has 0 saturated carbocycles. The van der Waals surface area contributed by atoms with Gasteiger partial charge in [-0.05, 0) is 26.0 Å². The van der Waals surface area contributed by atoms with Gasteiger partial charge in [-0.2, -0.15) is 5.26 Å². The Hall–Kier alpha value is -1.86. The maximum absolute atomic E-state index is 9.06. The van der Waals surface area contributed by atoms with Gasteiger partial charge >= 0.3 is 0 Å². The molecule has 0 aromatic carbocycles. The third-order valence-electron chi connectivity index (χ3n) is 2.02. The van der Waals surface area contributed by atoms with Crippen molar-refractivity contribution in [1.82, 2.24) is 4.98 Å². The largest absolute Gasteiger partial charge is 0.462 e. The van der Waals surface area contributed by atoms with E-state index in [9.17, 15) is 0 Å². The lowest BCUT2D eigenvalue weighted by atomic mass is 10.2. The van der Waals surface area contributed by atoms with Gasteiger partial charge in [0.2, 0.25) is 0 Å². The number of allylic oxidation sites excluding steroid dienone is 1. The Balaban J connectivity index is 2.37. The molecule has 3 nitrogen and oxygen atoms in total. The van der Waals surface area contributed by atoms with Gasteiger partial charge in [0.05, 0.1) is 5.57 Å². The van der Waals surface area contributed by atoms with Crippen molar-refractivity contribution < 1.29 is 4.42 Å². The standard InChI is InChI=1S/C12H10N2OS/c1-8-7-16-12(14-8)10(6-13)5-11-4-3-9(2)15-11/h3-5,7H,1-2H3. The topological polar surface area (TPSA) is 49.8 Å². The summed E-state index contributed by atoms with van der Waals surface area (Å²) in [5.41, 5.74) is 1.46. The van der Waals surface area contributed by atoms with E-state index in [1.54, 1.807) is 6.08 Å². The van der Waals surface area contributed by atoms with Crippen molar-refractivity contribution in [2.75, 3.05) is 0 Å². The van der Waals surface area contributed by atoms with Crippen LogP contribution in [0.1, 0.15) is 22.2 Å². The first-order chi connectivity index (χ1) is 7.69. The first-order valence-corrected chi connectivity index (χ1v) is 5.68. The zero-order chi connectivity index (χ0) is 11.5. The molecule has 80 valence electrons. The molecule has 0 aliphatic carbocycles. The average molecular weight is 230 g/mol. The van der Waals surface area contributed by atoms with Crippen LogP contribution in [0.5, 0.6) is 0 Å². The van der Waals surface area contributed by atoms with Crippen LogP contribution in [0.2, 0.25) is 0 Å². The molecular weight excluding hydrogens is 220 g/mol. The van der Waals surface area contributed by atoms with Gasteiger partial charge in [0.1, 0.15) is 22.6 Å². The first-order valence-electron chi connectivity index (χ1n) is 4.80. The normalized spacial score (nSPS) is 11.4. The molecule has 0 bridgehead atoms. The number of hydrogen-bond donors (Lipinski definition) is 0. The van der Waals surface area contributed by atoms with Gasteiger partial charge < -0.3 is 4.42 Å². The van der Waals surface area contributed by atoms with E-state index < -0.39 is 0 Å².